The van der Waals surface area contributed by atoms with Crippen LogP contribution in [0.3, 0.4) is 0 Å². The van der Waals surface area contributed by atoms with Gasteiger partial charge in [0.2, 0.25) is 0 Å². The van der Waals surface area contributed by atoms with E-state index in [9.17, 15) is 9.59 Å². The Morgan fingerprint density at radius 2 is 1.81 bits per heavy atom. The number of carbonyl (C=O) groups is 2. The minimum atomic E-state index is -0.551. The van der Waals surface area contributed by atoms with Crippen LogP contribution in [0.2, 0.25) is 0 Å². The molecule has 0 bridgehead atoms. The van der Waals surface area contributed by atoms with E-state index in [1.807, 2.05) is 0 Å². The molecule has 3 aromatic rings. The summed E-state index contributed by atoms with van der Waals surface area (Å²) in [5.41, 5.74) is 2.72. The Labute approximate surface area is 150 Å². The van der Waals surface area contributed by atoms with Gasteiger partial charge in [-0.3, -0.25) is 0 Å². The Balaban J connectivity index is 2.32. The van der Waals surface area contributed by atoms with Crippen LogP contribution >= 0.6 is 0 Å². The summed E-state index contributed by atoms with van der Waals surface area (Å²) in [6, 6.07) is 5.21. The van der Waals surface area contributed by atoms with Crippen LogP contribution in [0.5, 0.6) is 5.75 Å². The van der Waals surface area contributed by atoms with Gasteiger partial charge in [-0.2, -0.15) is 0 Å². The average molecular weight is 356 g/mol. The van der Waals surface area contributed by atoms with E-state index >= 15 is 0 Å². The van der Waals surface area contributed by atoms with Gasteiger partial charge in [0.1, 0.15) is 0 Å². The number of ether oxygens (including phenoxy) is 3. The first-order valence-corrected chi connectivity index (χ1v) is 8.36. The number of aryl methyl sites for hydroxylation is 1. The van der Waals surface area contributed by atoms with Crippen LogP contribution in [0.4, 0.5) is 0 Å². The lowest BCUT2D eigenvalue weighted by Gasteiger charge is -2.10. The summed E-state index contributed by atoms with van der Waals surface area (Å²) in [7, 11) is 1.47. The van der Waals surface area contributed by atoms with Crippen LogP contribution in [0.1, 0.15) is 40.4 Å². The first-order chi connectivity index (χ1) is 12.5. The van der Waals surface area contributed by atoms with Crippen molar-refractivity contribution in [2.45, 2.75) is 20.8 Å². The fourth-order valence-electron chi connectivity index (χ4n) is 2.97. The van der Waals surface area contributed by atoms with Crippen molar-refractivity contribution < 1.29 is 23.8 Å². The Hall–Kier alpha value is -3.09. The van der Waals surface area contributed by atoms with E-state index in [2.05, 4.69) is 9.97 Å². The number of methoxy groups -OCH3 is 1. The lowest BCUT2D eigenvalue weighted by molar-refractivity contribution is 0.0510. The van der Waals surface area contributed by atoms with E-state index in [-0.39, 0.29) is 12.3 Å². The Morgan fingerprint density at radius 1 is 1.12 bits per heavy atom. The number of hydrogen-bond acceptors (Lipinski definition) is 6. The number of nitrogens with zero attached hydrogens (tertiary/aromatic N) is 1. The van der Waals surface area contributed by atoms with Gasteiger partial charge in [-0.25, -0.2) is 14.6 Å². The number of rotatable bonds is 5. The van der Waals surface area contributed by atoms with Gasteiger partial charge in [0.05, 0.1) is 42.5 Å². The number of fused-ring (bicyclic) bond motifs is 3. The van der Waals surface area contributed by atoms with E-state index < -0.39 is 11.9 Å². The Morgan fingerprint density at radius 3 is 2.46 bits per heavy atom. The summed E-state index contributed by atoms with van der Waals surface area (Å²) in [6.45, 7) is 5.82. The van der Waals surface area contributed by atoms with Gasteiger partial charge in [-0.05, 0) is 39.0 Å². The van der Waals surface area contributed by atoms with Gasteiger partial charge in [-0.15, -0.1) is 0 Å². The van der Waals surface area contributed by atoms with Crippen molar-refractivity contribution in [3.63, 3.8) is 0 Å². The van der Waals surface area contributed by atoms with Crippen molar-refractivity contribution in [3.05, 3.63) is 35.2 Å². The molecule has 1 aromatic carbocycles. The summed E-state index contributed by atoms with van der Waals surface area (Å²) in [4.78, 5) is 32.0. The Kier molecular flexibility index (Phi) is 4.79. The predicted molar refractivity (Wildman–Crippen MR) is 96.8 cm³/mol. The van der Waals surface area contributed by atoms with E-state index in [4.69, 9.17) is 14.2 Å². The van der Waals surface area contributed by atoms with Crippen molar-refractivity contribution in [2.75, 3.05) is 20.3 Å². The SMILES string of the molecule is CCOC(=O)c1ccc2[nH]c3c(C)nc(C(=O)OCC)c(OC)c3c2c1. The first kappa shape index (κ1) is 17.7. The van der Waals surface area contributed by atoms with Crippen molar-refractivity contribution >= 4 is 33.7 Å². The monoisotopic (exact) mass is 356 g/mol. The van der Waals surface area contributed by atoms with Gasteiger partial charge >= 0.3 is 11.9 Å². The molecule has 0 spiro atoms. The minimum absolute atomic E-state index is 0.113. The smallest absolute Gasteiger partial charge is 0.360 e. The van der Waals surface area contributed by atoms with Gasteiger partial charge < -0.3 is 19.2 Å². The molecule has 0 fully saturated rings. The van der Waals surface area contributed by atoms with Gasteiger partial charge in [-0.1, -0.05) is 0 Å². The molecule has 1 N–H and O–H groups in total. The number of pyridine rings is 1. The van der Waals surface area contributed by atoms with Gasteiger partial charge in [0, 0.05) is 10.9 Å². The lowest BCUT2D eigenvalue weighted by atomic mass is 10.1. The zero-order valence-corrected chi connectivity index (χ0v) is 15.1. The number of esters is 2. The van der Waals surface area contributed by atoms with Crippen LogP contribution in [0, 0.1) is 6.92 Å². The number of carbonyl (C=O) groups excluding carboxylic acids is 2. The van der Waals surface area contributed by atoms with Gasteiger partial charge in [0.25, 0.3) is 0 Å². The third-order valence-corrected chi connectivity index (χ3v) is 4.07. The number of aromatic amines is 1. The molecule has 0 saturated carbocycles. The zero-order chi connectivity index (χ0) is 18.8. The molecular weight excluding hydrogens is 336 g/mol. The quantitative estimate of drug-likeness (QED) is 0.705. The second-order valence-corrected chi connectivity index (χ2v) is 5.66. The maximum absolute atomic E-state index is 12.3. The zero-order valence-electron chi connectivity index (χ0n) is 15.1. The highest BCUT2D eigenvalue weighted by Gasteiger charge is 2.23. The number of aromatic nitrogens is 2. The molecule has 3 rings (SSSR count). The summed E-state index contributed by atoms with van der Waals surface area (Å²) < 4.78 is 15.7. The summed E-state index contributed by atoms with van der Waals surface area (Å²) in [5, 5.41) is 1.43. The molecule has 136 valence electrons. The average Bonchev–Trinajstić information content (AvgIpc) is 3.01. The minimum Gasteiger partial charge on any atom is -0.493 e. The highest BCUT2D eigenvalue weighted by atomic mass is 16.5. The van der Waals surface area contributed by atoms with Crippen LogP contribution in [0.15, 0.2) is 18.2 Å². The standard InChI is InChI=1S/C19H20N2O5/c1-5-25-18(22)11-7-8-13-12(9-11)14-15(21-13)10(3)20-16(17(14)24-4)19(23)26-6-2/h7-9,21H,5-6H2,1-4H3. The fraction of sp³-hybridized carbons (Fsp3) is 0.316. The highest BCUT2D eigenvalue weighted by molar-refractivity contribution is 6.15. The first-order valence-electron chi connectivity index (χ1n) is 8.36. The van der Waals surface area contributed by atoms with Crippen LogP contribution in [-0.2, 0) is 9.47 Å². The molecule has 0 radical (unpaired) electrons. The number of hydrogen-bond donors (Lipinski definition) is 1. The molecule has 2 heterocycles. The third-order valence-electron chi connectivity index (χ3n) is 4.07. The number of H-pyrrole nitrogens is 1. The van der Waals surface area contributed by atoms with Crippen molar-refractivity contribution in [1.29, 1.82) is 0 Å². The summed E-state index contributed by atoms with van der Waals surface area (Å²) in [5.74, 6) is -0.638. The van der Waals surface area contributed by atoms with E-state index in [0.717, 1.165) is 16.4 Å². The molecule has 7 heteroatoms. The molecular formula is C19H20N2O5. The van der Waals surface area contributed by atoms with Crippen LogP contribution in [0.25, 0.3) is 21.8 Å². The van der Waals surface area contributed by atoms with Crippen molar-refractivity contribution in [2.24, 2.45) is 0 Å². The summed E-state index contributed by atoms with van der Waals surface area (Å²) >= 11 is 0. The summed E-state index contributed by atoms with van der Waals surface area (Å²) in [6.07, 6.45) is 0. The van der Waals surface area contributed by atoms with E-state index in [0.29, 0.717) is 29.0 Å². The van der Waals surface area contributed by atoms with Crippen LogP contribution in [-0.4, -0.2) is 42.2 Å². The van der Waals surface area contributed by atoms with E-state index in [1.165, 1.54) is 7.11 Å². The number of nitrogens with one attached hydrogen (secondary N) is 1. The highest BCUT2D eigenvalue weighted by Crippen LogP contribution is 2.37. The molecule has 0 unspecified atom stereocenters. The normalized spacial score (nSPS) is 10.9. The lowest BCUT2D eigenvalue weighted by Crippen LogP contribution is -2.10. The third kappa shape index (κ3) is 2.85. The van der Waals surface area contributed by atoms with Crippen molar-refractivity contribution in [3.8, 4) is 5.75 Å². The molecule has 0 aliphatic carbocycles. The molecule has 0 amide bonds. The molecule has 26 heavy (non-hydrogen) atoms. The molecule has 7 nitrogen and oxygen atoms in total. The Bertz CT molecular complexity index is 1010. The topological polar surface area (TPSA) is 90.5 Å². The maximum atomic E-state index is 12.3. The molecule has 0 atom stereocenters. The largest absolute Gasteiger partial charge is 0.493 e. The van der Waals surface area contributed by atoms with Gasteiger partial charge in [0.15, 0.2) is 11.4 Å². The molecule has 0 aliphatic heterocycles. The fourth-order valence-corrected chi connectivity index (χ4v) is 2.97. The predicted octanol–water partition coefficient (Wildman–Crippen LogP) is 3.39. The van der Waals surface area contributed by atoms with Crippen molar-refractivity contribution in [1.82, 2.24) is 9.97 Å². The van der Waals surface area contributed by atoms with E-state index in [1.54, 1.807) is 39.0 Å². The van der Waals surface area contributed by atoms with Crippen LogP contribution < -0.4 is 4.74 Å². The number of benzene rings is 1. The molecule has 0 saturated heterocycles. The second-order valence-electron chi connectivity index (χ2n) is 5.66. The maximum Gasteiger partial charge on any atom is 0.360 e. The molecule has 0 aliphatic rings. The molecule has 2 aromatic heterocycles. The second kappa shape index (κ2) is 7.03.